The van der Waals surface area contributed by atoms with E-state index in [1.165, 1.54) is 18.2 Å². The summed E-state index contributed by atoms with van der Waals surface area (Å²) in [4.78, 5) is 16.6. The largest absolute Gasteiger partial charge is 0.348 e. The van der Waals surface area contributed by atoms with Gasteiger partial charge in [0.25, 0.3) is 5.91 Å². The van der Waals surface area contributed by atoms with E-state index in [-0.39, 0.29) is 16.5 Å². The second-order valence-corrected chi connectivity index (χ2v) is 8.42. The third kappa shape index (κ3) is 4.90. The third-order valence-corrected chi connectivity index (χ3v) is 4.93. The Morgan fingerprint density at radius 3 is 2.46 bits per heavy atom. The molecule has 0 aliphatic carbocycles. The predicted molar refractivity (Wildman–Crippen MR) is 109 cm³/mol. The smallest absolute Gasteiger partial charge is 0.253 e. The maximum absolute atomic E-state index is 12.4. The molecule has 3 aromatic rings. The average molecular weight is 419 g/mol. The van der Waals surface area contributed by atoms with Crippen LogP contribution in [0.15, 0.2) is 54.9 Å². The fourth-order valence-corrected chi connectivity index (χ4v) is 3.50. The van der Waals surface area contributed by atoms with Gasteiger partial charge in [-0.1, -0.05) is 23.7 Å². The first-order valence-electron chi connectivity index (χ1n) is 8.38. The Bertz CT molecular complexity index is 1110. The summed E-state index contributed by atoms with van der Waals surface area (Å²) < 4.78 is 26.8. The molecule has 2 aromatic carbocycles. The standard InChI is InChI=1S/C19H19ClN4O3S/c1-13-21-9-10-24(13)16-6-3-14(4-7-16)12-22-19(25)17-8-5-15(11-18(17)20)23-28(2,26)27/h3-11,23H,12H2,1-2H3,(H,22,25). The van der Waals surface area contributed by atoms with Crippen LogP contribution in [0.3, 0.4) is 0 Å². The summed E-state index contributed by atoms with van der Waals surface area (Å²) in [5.74, 6) is 0.551. The highest BCUT2D eigenvalue weighted by Crippen LogP contribution is 2.22. The Hall–Kier alpha value is -2.84. The molecule has 28 heavy (non-hydrogen) atoms. The highest BCUT2D eigenvalue weighted by atomic mass is 35.5. The number of aromatic nitrogens is 2. The predicted octanol–water partition coefficient (Wildman–Crippen LogP) is 3.14. The minimum Gasteiger partial charge on any atom is -0.348 e. The van der Waals surface area contributed by atoms with Crippen molar-refractivity contribution in [1.82, 2.24) is 14.9 Å². The van der Waals surface area contributed by atoms with Crippen LogP contribution in [0.25, 0.3) is 5.69 Å². The number of anilines is 1. The van der Waals surface area contributed by atoms with Crippen LogP contribution in [0.4, 0.5) is 5.69 Å². The summed E-state index contributed by atoms with van der Waals surface area (Å²) >= 11 is 6.12. The van der Waals surface area contributed by atoms with E-state index in [1.54, 1.807) is 6.20 Å². The van der Waals surface area contributed by atoms with Crippen molar-refractivity contribution < 1.29 is 13.2 Å². The summed E-state index contributed by atoms with van der Waals surface area (Å²) in [6.07, 6.45) is 4.67. The third-order valence-electron chi connectivity index (χ3n) is 4.01. The highest BCUT2D eigenvalue weighted by Gasteiger charge is 2.12. The number of nitrogens with one attached hydrogen (secondary N) is 2. The molecule has 7 nitrogen and oxygen atoms in total. The molecule has 9 heteroatoms. The van der Waals surface area contributed by atoms with Crippen LogP contribution in [-0.2, 0) is 16.6 Å². The minimum atomic E-state index is -3.41. The molecule has 2 N–H and O–H groups in total. The van der Waals surface area contributed by atoms with Crippen LogP contribution in [-0.4, -0.2) is 30.1 Å². The molecule has 0 spiro atoms. The van der Waals surface area contributed by atoms with E-state index in [4.69, 9.17) is 11.6 Å². The van der Waals surface area contributed by atoms with Crippen LogP contribution >= 0.6 is 11.6 Å². The van der Waals surface area contributed by atoms with Crippen molar-refractivity contribution >= 4 is 33.2 Å². The van der Waals surface area contributed by atoms with Crippen molar-refractivity contribution in [3.8, 4) is 5.69 Å². The molecule has 1 aromatic heterocycles. The Labute approximate surface area is 168 Å². The first-order chi connectivity index (χ1) is 13.2. The molecule has 0 bridgehead atoms. The molecule has 0 radical (unpaired) electrons. The van der Waals surface area contributed by atoms with Gasteiger partial charge >= 0.3 is 0 Å². The van der Waals surface area contributed by atoms with Gasteiger partial charge in [-0.15, -0.1) is 0 Å². The summed E-state index contributed by atoms with van der Waals surface area (Å²) in [5, 5.41) is 2.97. The molecule has 146 valence electrons. The van der Waals surface area contributed by atoms with E-state index in [0.717, 1.165) is 23.3 Å². The van der Waals surface area contributed by atoms with Crippen molar-refractivity contribution in [1.29, 1.82) is 0 Å². The first-order valence-corrected chi connectivity index (χ1v) is 10.6. The maximum Gasteiger partial charge on any atom is 0.253 e. The molecule has 0 aliphatic heterocycles. The lowest BCUT2D eigenvalue weighted by molar-refractivity contribution is 0.0951. The number of carbonyl (C=O) groups excluding carboxylic acids is 1. The summed E-state index contributed by atoms with van der Waals surface area (Å²) in [6.45, 7) is 2.26. The topological polar surface area (TPSA) is 93.1 Å². The van der Waals surface area contributed by atoms with Gasteiger partial charge in [0, 0.05) is 30.3 Å². The molecule has 3 rings (SSSR count). The van der Waals surface area contributed by atoms with Crippen LogP contribution in [0, 0.1) is 6.92 Å². The lowest BCUT2D eigenvalue weighted by Gasteiger charge is -2.10. The van der Waals surface area contributed by atoms with Gasteiger partial charge < -0.3 is 9.88 Å². The number of carbonyl (C=O) groups is 1. The van der Waals surface area contributed by atoms with Crippen LogP contribution in [0.1, 0.15) is 21.7 Å². The van der Waals surface area contributed by atoms with E-state index in [2.05, 4.69) is 15.0 Å². The molecule has 0 saturated heterocycles. The monoisotopic (exact) mass is 418 g/mol. The SMILES string of the molecule is Cc1nccn1-c1ccc(CNC(=O)c2ccc(NS(C)(=O)=O)cc2Cl)cc1. The van der Waals surface area contributed by atoms with Gasteiger partial charge in [0.2, 0.25) is 10.0 Å². The number of amides is 1. The van der Waals surface area contributed by atoms with E-state index < -0.39 is 10.0 Å². The minimum absolute atomic E-state index is 0.164. The van der Waals surface area contributed by atoms with Crippen LogP contribution in [0.2, 0.25) is 5.02 Å². The van der Waals surface area contributed by atoms with Gasteiger partial charge in [-0.25, -0.2) is 13.4 Å². The number of aryl methyl sites for hydroxylation is 1. The van der Waals surface area contributed by atoms with Crippen molar-refractivity contribution in [3.63, 3.8) is 0 Å². The van der Waals surface area contributed by atoms with Gasteiger partial charge in [-0.3, -0.25) is 9.52 Å². The molecule has 0 fully saturated rings. The lowest BCUT2D eigenvalue weighted by Crippen LogP contribution is -2.23. The van der Waals surface area contributed by atoms with Crippen molar-refractivity contribution in [2.75, 3.05) is 11.0 Å². The van der Waals surface area contributed by atoms with Crippen molar-refractivity contribution in [2.24, 2.45) is 0 Å². The molecule has 0 atom stereocenters. The molecular weight excluding hydrogens is 400 g/mol. The van der Waals surface area contributed by atoms with Gasteiger partial charge in [-0.05, 0) is 42.8 Å². The molecule has 1 heterocycles. The Kier molecular flexibility index (Phi) is 5.71. The number of benzene rings is 2. The Balaban J connectivity index is 1.65. The Morgan fingerprint density at radius 1 is 1.18 bits per heavy atom. The van der Waals surface area contributed by atoms with E-state index in [9.17, 15) is 13.2 Å². The number of sulfonamides is 1. The zero-order valence-electron chi connectivity index (χ0n) is 15.3. The second-order valence-electron chi connectivity index (χ2n) is 6.26. The van der Waals surface area contributed by atoms with Gasteiger partial charge in [0.05, 0.1) is 16.8 Å². The number of hydrogen-bond donors (Lipinski definition) is 2. The summed E-state index contributed by atoms with van der Waals surface area (Å²) in [7, 11) is -3.41. The quantitative estimate of drug-likeness (QED) is 0.643. The highest BCUT2D eigenvalue weighted by molar-refractivity contribution is 7.92. The lowest BCUT2D eigenvalue weighted by atomic mass is 10.1. The van der Waals surface area contributed by atoms with Crippen LogP contribution in [0.5, 0.6) is 0 Å². The number of rotatable bonds is 6. The number of halogens is 1. The first kappa shape index (κ1) is 19.9. The zero-order valence-corrected chi connectivity index (χ0v) is 16.9. The average Bonchev–Trinajstić information content (AvgIpc) is 3.05. The number of hydrogen-bond acceptors (Lipinski definition) is 4. The second kappa shape index (κ2) is 8.04. The normalized spacial score (nSPS) is 11.2. The van der Waals surface area contributed by atoms with Crippen LogP contribution < -0.4 is 10.0 Å². The Morgan fingerprint density at radius 2 is 1.89 bits per heavy atom. The van der Waals surface area contributed by atoms with E-state index >= 15 is 0 Å². The fourth-order valence-electron chi connectivity index (χ4n) is 2.68. The summed E-state index contributed by atoms with van der Waals surface area (Å²) in [5.41, 5.74) is 2.49. The fraction of sp³-hybridized carbons (Fsp3) is 0.158. The molecular formula is C19H19ClN4O3S. The molecule has 0 saturated carbocycles. The molecule has 0 aliphatic rings. The van der Waals surface area contributed by atoms with E-state index in [1.807, 2.05) is 42.0 Å². The van der Waals surface area contributed by atoms with Crippen molar-refractivity contribution in [2.45, 2.75) is 13.5 Å². The number of imidazole rings is 1. The van der Waals surface area contributed by atoms with Crippen molar-refractivity contribution in [3.05, 3.63) is 76.8 Å². The molecule has 0 unspecified atom stereocenters. The van der Waals surface area contributed by atoms with E-state index in [0.29, 0.717) is 12.2 Å². The molecule has 1 amide bonds. The van der Waals surface area contributed by atoms with Gasteiger partial charge in [0.15, 0.2) is 0 Å². The maximum atomic E-state index is 12.4. The van der Waals surface area contributed by atoms with Gasteiger partial charge in [-0.2, -0.15) is 0 Å². The van der Waals surface area contributed by atoms with Gasteiger partial charge in [0.1, 0.15) is 5.82 Å². The zero-order chi connectivity index (χ0) is 20.3. The summed E-state index contributed by atoms with van der Waals surface area (Å²) in [6, 6.07) is 12.1. The number of nitrogens with zero attached hydrogens (tertiary/aromatic N) is 2.